The van der Waals surface area contributed by atoms with Gasteiger partial charge in [-0.2, -0.15) is 0 Å². The summed E-state index contributed by atoms with van der Waals surface area (Å²) in [6, 6.07) is 8.06. The Labute approximate surface area is 139 Å². The van der Waals surface area contributed by atoms with E-state index in [4.69, 9.17) is 14.2 Å². The smallest absolute Gasteiger partial charge is 0.193 e. The number of hydrogen-bond donors (Lipinski definition) is 1. The molecular weight excluding hydrogens is 294 g/mol. The molecule has 0 aliphatic carbocycles. The molecule has 1 N–H and O–H groups in total. The van der Waals surface area contributed by atoms with Crippen LogP contribution >= 0.6 is 0 Å². The Kier molecular flexibility index (Phi) is 9.83. The van der Waals surface area contributed by atoms with Gasteiger partial charge in [-0.1, -0.05) is 12.1 Å². The summed E-state index contributed by atoms with van der Waals surface area (Å²) in [4.78, 5) is 6.40. The Morgan fingerprint density at radius 2 is 1.87 bits per heavy atom. The van der Waals surface area contributed by atoms with Crippen LogP contribution in [0, 0.1) is 0 Å². The Hall–Kier alpha value is -1.79. The SMILES string of the molecule is CN=C(NCCCOCCOC)N(C)Cc1ccc(OC)cc1. The molecule has 0 radical (unpaired) electrons. The Morgan fingerprint density at radius 3 is 2.48 bits per heavy atom. The van der Waals surface area contributed by atoms with Gasteiger partial charge >= 0.3 is 0 Å². The topological polar surface area (TPSA) is 55.3 Å². The van der Waals surface area contributed by atoms with Crippen molar-refractivity contribution in [2.45, 2.75) is 13.0 Å². The second-order valence-electron chi connectivity index (χ2n) is 5.14. The molecule has 23 heavy (non-hydrogen) atoms. The molecule has 1 rings (SSSR count). The summed E-state index contributed by atoms with van der Waals surface area (Å²) < 4.78 is 15.5. The van der Waals surface area contributed by atoms with E-state index in [1.54, 1.807) is 21.3 Å². The second-order valence-corrected chi connectivity index (χ2v) is 5.14. The highest BCUT2D eigenvalue weighted by Crippen LogP contribution is 2.12. The summed E-state index contributed by atoms with van der Waals surface area (Å²) in [7, 11) is 7.16. The van der Waals surface area contributed by atoms with E-state index < -0.39 is 0 Å². The molecule has 0 fully saturated rings. The number of methoxy groups -OCH3 is 2. The molecule has 0 atom stereocenters. The Bertz CT molecular complexity index is 449. The fourth-order valence-corrected chi connectivity index (χ4v) is 2.08. The minimum Gasteiger partial charge on any atom is -0.497 e. The summed E-state index contributed by atoms with van der Waals surface area (Å²) in [5.41, 5.74) is 1.21. The fraction of sp³-hybridized carbons (Fsp3) is 0.588. The standard InChI is InChI=1S/C17H29N3O3/c1-18-17(19-10-5-11-23-13-12-21-3)20(2)14-15-6-8-16(22-4)9-7-15/h6-9H,5,10-14H2,1-4H3,(H,18,19). The molecule has 0 saturated carbocycles. The molecule has 0 aliphatic rings. The van der Waals surface area contributed by atoms with Crippen LogP contribution < -0.4 is 10.1 Å². The van der Waals surface area contributed by atoms with E-state index in [1.807, 2.05) is 19.2 Å². The summed E-state index contributed by atoms with van der Waals surface area (Å²) in [6.45, 7) is 3.61. The van der Waals surface area contributed by atoms with Gasteiger partial charge in [0.15, 0.2) is 5.96 Å². The monoisotopic (exact) mass is 323 g/mol. The van der Waals surface area contributed by atoms with E-state index >= 15 is 0 Å². The lowest BCUT2D eigenvalue weighted by Gasteiger charge is -2.22. The first-order valence-corrected chi connectivity index (χ1v) is 7.82. The van der Waals surface area contributed by atoms with Crippen molar-refractivity contribution in [2.75, 3.05) is 54.7 Å². The molecule has 6 heteroatoms. The molecule has 0 spiro atoms. The van der Waals surface area contributed by atoms with Crippen LogP contribution in [0.5, 0.6) is 5.75 Å². The highest BCUT2D eigenvalue weighted by atomic mass is 16.5. The summed E-state index contributed by atoms with van der Waals surface area (Å²) in [5.74, 6) is 1.74. The molecular formula is C17H29N3O3. The first-order chi connectivity index (χ1) is 11.2. The van der Waals surface area contributed by atoms with E-state index in [0.29, 0.717) is 13.2 Å². The number of aliphatic imine (C=N–C) groups is 1. The Balaban J connectivity index is 2.30. The van der Waals surface area contributed by atoms with Crippen molar-refractivity contribution in [3.63, 3.8) is 0 Å². The number of guanidine groups is 1. The van der Waals surface area contributed by atoms with Crippen LogP contribution in [-0.2, 0) is 16.0 Å². The molecule has 1 aromatic rings. The maximum atomic E-state index is 5.44. The number of rotatable bonds is 10. The van der Waals surface area contributed by atoms with Crippen molar-refractivity contribution in [3.8, 4) is 5.75 Å². The zero-order valence-electron chi connectivity index (χ0n) is 14.7. The van der Waals surface area contributed by atoms with Gasteiger partial charge in [0.1, 0.15) is 5.75 Å². The molecule has 0 unspecified atom stereocenters. The third-order valence-electron chi connectivity index (χ3n) is 3.33. The lowest BCUT2D eigenvalue weighted by Crippen LogP contribution is -2.39. The largest absolute Gasteiger partial charge is 0.497 e. The van der Waals surface area contributed by atoms with Crippen molar-refractivity contribution in [2.24, 2.45) is 4.99 Å². The number of hydrogen-bond acceptors (Lipinski definition) is 4. The van der Waals surface area contributed by atoms with E-state index in [1.165, 1.54) is 5.56 Å². The van der Waals surface area contributed by atoms with Gasteiger partial charge in [0.2, 0.25) is 0 Å². The molecule has 0 aliphatic heterocycles. The van der Waals surface area contributed by atoms with Crippen molar-refractivity contribution in [1.29, 1.82) is 0 Å². The number of ether oxygens (including phenoxy) is 3. The van der Waals surface area contributed by atoms with Gasteiger partial charge in [-0.15, -0.1) is 0 Å². The van der Waals surface area contributed by atoms with Gasteiger partial charge in [-0.25, -0.2) is 0 Å². The molecule has 0 aromatic heterocycles. The maximum Gasteiger partial charge on any atom is 0.193 e. The van der Waals surface area contributed by atoms with Crippen LogP contribution in [0.4, 0.5) is 0 Å². The highest BCUT2D eigenvalue weighted by molar-refractivity contribution is 5.79. The third kappa shape index (κ3) is 7.85. The summed E-state index contributed by atoms with van der Waals surface area (Å²) >= 11 is 0. The van der Waals surface area contributed by atoms with E-state index in [-0.39, 0.29) is 0 Å². The van der Waals surface area contributed by atoms with Crippen molar-refractivity contribution < 1.29 is 14.2 Å². The summed E-state index contributed by atoms with van der Waals surface area (Å²) in [6.07, 6.45) is 0.930. The zero-order chi connectivity index (χ0) is 16.9. The quantitative estimate of drug-likeness (QED) is 0.404. The first kappa shape index (κ1) is 19.3. The van der Waals surface area contributed by atoms with Gasteiger partial charge in [0, 0.05) is 40.9 Å². The van der Waals surface area contributed by atoms with Gasteiger partial charge in [-0.3, -0.25) is 4.99 Å². The highest BCUT2D eigenvalue weighted by Gasteiger charge is 2.06. The molecule has 0 amide bonds. The molecule has 0 saturated heterocycles. The van der Waals surface area contributed by atoms with Gasteiger partial charge < -0.3 is 24.4 Å². The number of benzene rings is 1. The Morgan fingerprint density at radius 1 is 1.13 bits per heavy atom. The van der Waals surface area contributed by atoms with Crippen LogP contribution in [-0.4, -0.2) is 65.5 Å². The molecule has 130 valence electrons. The number of nitrogens with one attached hydrogen (secondary N) is 1. The van der Waals surface area contributed by atoms with Crippen molar-refractivity contribution in [1.82, 2.24) is 10.2 Å². The van der Waals surface area contributed by atoms with Crippen molar-refractivity contribution in [3.05, 3.63) is 29.8 Å². The van der Waals surface area contributed by atoms with Gasteiger partial charge in [0.25, 0.3) is 0 Å². The third-order valence-corrected chi connectivity index (χ3v) is 3.33. The minimum absolute atomic E-state index is 0.639. The zero-order valence-corrected chi connectivity index (χ0v) is 14.7. The predicted molar refractivity (Wildman–Crippen MR) is 93.1 cm³/mol. The lowest BCUT2D eigenvalue weighted by atomic mass is 10.2. The normalized spacial score (nSPS) is 11.4. The average Bonchev–Trinajstić information content (AvgIpc) is 2.58. The lowest BCUT2D eigenvalue weighted by molar-refractivity contribution is 0.0698. The predicted octanol–water partition coefficient (Wildman–Crippen LogP) is 1.76. The molecule has 0 bridgehead atoms. The van der Waals surface area contributed by atoms with Gasteiger partial charge in [-0.05, 0) is 24.1 Å². The van der Waals surface area contributed by atoms with Crippen molar-refractivity contribution >= 4 is 5.96 Å². The fourth-order valence-electron chi connectivity index (χ4n) is 2.08. The van der Waals surface area contributed by atoms with Crippen LogP contribution in [0.25, 0.3) is 0 Å². The first-order valence-electron chi connectivity index (χ1n) is 7.82. The number of nitrogens with zero attached hydrogens (tertiary/aromatic N) is 2. The molecule has 6 nitrogen and oxygen atoms in total. The van der Waals surface area contributed by atoms with Gasteiger partial charge in [0.05, 0.1) is 20.3 Å². The van der Waals surface area contributed by atoms with Crippen LogP contribution in [0.15, 0.2) is 29.3 Å². The van der Waals surface area contributed by atoms with E-state index in [0.717, 1.165) is 37.8 Å². The average molecular weight is 323 g/mol. The van der Waals surface area contributed by atoms with E-state index in [9.17, 15) is 0 Å². The summed E-state index contributed by atoms with van der Waals surface area (Å²) in [5, 5.41) is 3.34. The second kappa shape index (κ2) is 11.7. The van der Waals surface area contributed by atoms with E-state index in [2.05, 4.69) is 27.3 Å². The minimum atomic E-state index is 0.639. The molecule has 0 heterocycles. The van der Waals surface area contributed by atoms with Crippen LogP contribution in [0.1, 0.15) is 12.0 Å². The molecule has 1 aromatic carbocycles. The van der Waals surface area contributed by atoms with Crippen LogP contribution in [0.3, 0.4) is 0 Å². The maximum absolute atomic E-state index is 5.44. The van der Waals surface area contributed by atoms with Crippen LogP contribution in [0.2, 0.25) is 0 Å².